The van der Waals surface area contributed by atoms with E-state index in [9.17, 15) is 0 Å². The molecule has 0 aliphatic heterocycles. The van der Waals surface area contributed by atoms with Crippen LogP contribution in [0.5, 0.6) is 11.5 Å². The Morgan fingerprint density at radius 1 is 0.931 bits per heavy atom. The van der Waals surface area contributed by atoms with Crippen LogP contribution in [-0.2, 0) is 0 Å². The highest BCUT2D eigenvalue weighted by Gasteiger charge is 2.11. The van der Waals surface area contributed by atoms with E-state index in [1.807, 2.05) is 28.9 Å². The molecule has 0 unspecified atom stereocenters. The monoisotopic (exact) mass is 403 g/mol. The molecule has 0 aliphatic rings. The van der Waals surface area contributed by atoms with E-state index in [4.69, 9.17) is 14.6 Å². The summed E-state index contributed by atoms with van der Waals surface area (Å²) in [7, 11) is 5.03. The summed E-state index contributed by atoms with van der Waals surface area (Å²) in [6.45, 7) is 0. The molecule has 29 heavy (non-hydrogen) atoms. The first kappa shape index (κ1) is 19.0. The maximum absolute atomic E-state index is 5.52. The second-order valence-corrected chi connectivity index (χ2v) is 7.13. The molecule has 4 aromatic rings. The molecule has 0 saturated carbocycles. The minimum absolute atomic E-state index is 0.649. The molecule has 0 aliphatic carbocycles. The predicted molar refractivity (Wildman–Crippen MR) is 119 cm³/mol. The van der Waals surface area contributed by atoms with Gasteiger partial charge >= 0.3 is 0 Å². The third-order valence-electron chi connectivity index (χ3n) is 4.69. The Labute approximate surface area is 173 Å². The fourth-order valence-corrected chi connectivity index (χ4v) is 4.12. The van der Waals surface area contributed by atoms with Gasteiger partial charge in [0, 0.05) is 23.6 Å². The molecule has 0 N–H and O–H groups in total. The largest absolute Gasteiger partial charge is 0.493 e. The SMILES string of the molecule is CN=c1scc(-c2cccc3ccccc23)n1N=Cc1cccc(OC)c1OC. The first-order chi connectivity index (χ1) is 14.3. The summed E-state index contributed by atoms with van der Waals surface area (Å²) in [6, 6.07) is 20.4. The van der Waals surface area contributed by atoms with Gasteiger partial charge in [-0.05, 0) is 22.9 Å². The number of methoxy groups -OCH3 is 2. The van der Waals surface area contributed by atoms with Gasteiger partial charge in [0.15, 0.2) is 11.5 Å². The number of hydrogen-bond donors (Lipinski definition) is 0. The summed E-state index contributed by atoms with van der Waals surface area (Å²) >= 11 is 1.56. The fourth-order valence-electron chi connectivity index (χ4n) is 3.33. The van der Waals surface area contributed by atoms with Crippen LogP contribution in [0.3, 0.4) is 0 Å². The molecule has 0 radical (unpaired) electrons. The Morgan fingerprint density at radius 2 is 1.72 bits per heavy atom. The number of rotatable bonds is 5. The predicted octanol–water partition coefficient (Wildman–Crippen LogP) is 4.80. The van der Waals surface area contributed by atoms with E-state index in [0.717, 1.165) is 21.6 Å². The van der Waals surface area contributed by atoms with Gasteiger partial charge in [0.1, 0.15) is 0 Å². The number of ether oxygens (including phenoxy) is 2. The van der Waals surface area contributed by atoms with E-state index in [1.54, 1.807) is 38.8 Å². The summed E-state index contributed by atoms with van der Waals surface area (Å²) in [6.07, 6.45) is 1.78. The van der Waals surface area contributed by atoms with Crippen molar-refractivity contribution in [2.75, 3.05) is 21.3 Å². The van der Waals surface area contributed by atoms with Gasteiger partial charge in [0.2, 0.25) is 4.80 Å². The van der Waals surface area contributed by atoms with E-state index in [2.05, 4.69) is 46.8 Å². The Bertz CT molecular complexity index is 1250. The lowest BCUT2D eigenvalue weighted by Gasteiger charge is -2.10. The quantitative estimate of drug-likeness (QED) is 0.450. The molecule has 146 valence electrons. The van der Waals surface area contributed by atoms with Crippen LogP contribution in [-0.4, -0.2) is 32.2 Å². The first-order valence-corrected chi connectivity index (χ1v) is 10.0. The van der Waals surface area contributed by atoms with Gasteiger partial charge < -0.3 is 9.47 Å². The molecule has 0 fully saturated rings. The van der Waals surface area contributed by atoms with Crippen molar-refractivity contribution < 1.29 is 9.47 Å². The standard InChI is InChI=1S/C23H21N3O2S/c1-24-23-26(25-14-17-10-7-13-21(27-2)22(17)28-3)20(15-29-23)19-12-6-9-16-8-4-5-11-18(16)19/h4-15H,1-3H3. The topological polar surface area (TPSA) is 48.1 Å². The molecule has 4 rings (SSSR count). The van der Waals surface area contributed by atoms with Crippen molar-refractivity contribution >= 4 is 28.3 Å². The van der Waals surface area contributed by atoms with Crippen LogP contribution in [0.25, 0.3) is 22.0 Å². The summed E-state index contributed by atoms with van der Waals surface area (Å²) < 4.78 is 12.8. The van der Waals surface area contributed by atoms with Crippen LogP contribution in [0.2, 0.25) is 0 Å². The molecule has 1 aromatic heterocycles. The number of fused-ring (bicyclic) bond motifs is 1. The molecule has 6 heteroatoms. The Hall–Kier alpha value is -3.38. The van der Waals surface area contributed by atoms with Crippen LogP contribution < -0.4 is 14.3 Å². The highest BCUT2D eigenvalue weighted by molar-refractivity contribution is 7.07. The number of hydrogen-bond acceptors (Lipinski definition) is 5. The van der Waals surface area contributed by atoms with E-state index < -0.39 is 0 Å². The molecule has 0 atom stereocenters. The lowest BCUT2D eigenvalue weighted by atomic mass is 10.0. The summed E-state index contributed by atoms with van der Waals surface area (Å²) in [5.74, 6) is 1.32. The zero-order valence-corrected chi connectivity index (χ0v) is 17.3. The number of para-hydroxylation sites is 1. The second kappa shape index (κ2) is 8.32. The van der Waals surface area contributed by atoms with Crippen molar-refractivity contribution in [2.24, 2.45) is 10.1 Å². The van der Waals surface area contributed by atoms with Crippen molar-refractivity contribution in [3.05, 3.63) is 76.4 Å². The van der Waals surface area contributed by atoms with Gasteiger partial charge in [-0.1, -0.05) is 48.5 Å². The molecule has 1 heterocycles. The average Bonchev–Trinajstić information content (AvgIpc) is 3.19. The zero-order chi connectivity index (χ0) is 20.2. The van der Waals surface area contributed by atoms with E-state index in [-0.39, 0.29) is 0 Å². The Morgan fingerprint density at radius 3 is 2.52 bits per heavy atom. The van der Waals surface area contributed by atoms with Crippen LogP contribution in [0.15, 0.2) is 76.1 Å². The Balaban J connectivity index is 1.86. The molecule has 3 aromatic carbocycles. The lowest BCUT2D eigenvalue weighted by molar-refractivity contribution is 0.354. The van der Waals surface area contributed by atoms with Crippen LogP contribution in [0.1, 0.15) is 5.56 Å². The zero-order valence-electron chi connectivity index (χ0n) is 16.5. The summed E-state index contributed by atoms with van der Waals surface area (Å²) in [4.78, 5) is 5.21. The minimum atomic E-state index is 0.649. The van der Waals surface area contributed by atoms with Crippen molar-refractivity contribution in [1.29, 1.82) is 0 Å². The van der Waals surface area contributed by atoms with Crippen molar-refractivity contribution in [3.63, 3.8) is 0 Å². The van der Waals surface area contributed by atoms with Crippen molar-refractivity contribution in [2.45, 2.75) is 0 Å². The average molecular weight is 404 g/mol. The maximum atomic E-state index is 5.52. The van der Waals surface area contributed by atoms with Gasteiger partial charge in [-0.15, -0.1) is 11.3 Å². The molecule has 0 spiro atoms. The lowest BCUT2D eigenvalue weighted by Crippen LogP contribution is -2.11. The molecule has 0 amide bonds. The van der Waals surface area contributed by atoms with E-state index in [1.165, 1.54) is 10.8 Å². The van der Waals surface area contributed by atoms with Gasteiger partial charge in [0.25, 0.3) is 0 Å². The minimum Gasteiger partial charge on any atom is -0.493 e. The van der Waals surface area contributed by atoms with Crippen LogP contribution in [0, 0.1) is 0 Å². The summed E-state index contributed by atoms with van der Waals surface area (Å²) in [5, 5.41) is 9.20. The van der Waals surface area contributed by atoms with Crippen LogP contribution in [0.4, 0.5) is 0 Å². The highest BCUT2D eigenvalue weighted by Crippen LogP contribution is 2.31. The first-order valence-electron chi connectivity index (χ1n) is 9.13. The van der Waals surface area contributed by atoms with Gasteiger partial charge in [-0.2, -0.15) is 5.10 Å². The summed E-state index contributed by atoms with van der Waals surface area (Å²) in [5.41, 5.74) is 2.94. The normalized spacial score (nSPS) is 12.0. The van der Waals surface area contributed by atoms with Crippen LogP contribution >= 0.6 is 11.3 Å². The molecule has 5 nitrogen and oxygen atoms in total. The molecule has 0 bridgehead atoms. The number of benzene rings is 3. The third kappa shape index (κ3) is 3.54. The van der Waals surface area contributed by atoms with E-state index in [0.29, 0.717) is 11.5 Å². The smallest absolute Gasteiger partial charge is 0.205 e. The fraction of sp³-hybridized carbons (Fsp3) is 0.130. The highest BCUT2D eigenvalue weighted by atomic mass is 32.1. The number of nitrogens with zero attached hydrogens (tertiary/aromatic N) is 3. The van der Waals surface area contributed by atoms with Crippen molar-refractivity contribution in [3.8, 4) is 22.8 Å². The molecule has 0 saturated heterocycles. The second-order valence-electron chi connectivity index (χ2n) is 6.29. The third-order valence-corrected chi connectivity index (χ3v) is 5.60. The van der Waals surface area contributed by atoms with Gasteiger partial charge in [-0.3, -0.25) is 4.99 Å². The van der Waals surface area contributed by atoms with E-state index >= 15 is 0 Å². The number of thiazole rings is 1. The Kier molecular flexibility index (Phi) is 5.44. The number of aromatic nitrogens is 1. The van der Waals surface area contributed by atoms with Crippen molar-refractivity contribution in [1.82, 2.24) is 4.68 Å². The maximum Gasteiger partial charge on any atom is 0.205 e. The molecular weight excluding hydrogens is 382 g/mol. The molecular formula is C23H21N3O2S. The van der Waals surface area contributed by atoms with Gasteiger partial charge in [0.05, 0.1) is 26.1 Å². The van der Waals surface area contributed by atoms with Gasteiger partial charge in [-0.25, -0.2) is 4.68 Å².